The first-order valence-corrected chi connectivity index (χ1v) is 9.44. The van der Waals surface area contributed by atoms with Gasteiger partial charge in [0.2, 0.25) is 5.91 Å². The normalized spacial score (nSPS) is 16.2. The molecule has 0 aliphatic carbocycles. The number of nitrogens with zero attached hydrogens (tertiary/aromatic N) is 1. The number of carbonyl (C=O) groups is 3. The number of ether oxygens (including phenoxy) is 1. The molecule has 1 N–H and O–H groups in total. The number of esters is 1. The van der Waals surface area contributed by atoms with Gasteiger partial charge in [-0.3, -0.25) is 14.4 Å². The van der Waals surface area contributed by atoms with Gasteiger partial charge in [0.05, 0.1) is 16.6 Å². The Labute approximate surface area is 176 Å². The zero-order valence-electron chi connectivity index (χ0n) is 14.5. The van der Waals surface area contributed by atoms with Crippen LogP contribution in [-0.2, 0) is 19.1 Å². The van der Waals surface area contributed by atoms with Crippen LogP contribution in [0.15, 0.2) is 42.5 Å². The number of rotatable bonds is 5. The number of hydrogen-bond acceptors (Lipinski definition) is 4. The van der Waals surface area contributed by atoms with Gasteiger partial charge in [-0.1, -0.05) is 34.8 Å². The highest BCUT2D eigenvalue weighted by molar-refractivity contribution is 6.36. The summed E-state index contributed by atoms with van der Waals surface area (Å²) in [6.07, 6.45) is -0.0273. The Kier molecular flexibility index (Phi) is 6.44. The number of hydrogen-bond donors (Lipinski definition) is 1. The predicted octanol–water partition coefficient (Wildman–Crippen LogP) is 4.18. The minimum Gasteiger partial charge on any atom is -0.455 e. The Morgan fingerprint density at radius 3 is 2.46 bits per heavy atom. The number of nitrogens with one attached hydrogen (secondary N) is 1. The van der Waals surface area contributed by atoms with Crippen LogP contribution in [0.3, 0.4) is 0 Å². The average Bonchev–Trinajstić information content (AvgIpc) is 3.05. The fourth-order valence-electron chi connectivity index (χ4n) is 2.78. The number of benzene rings is 2. The summed E-state index contributed by atoms with van der Waals surface area (Å²) in [6.45, 7) is -0.347. The topological polar surface area (TPSA) is 75.7 Å². The van der Waals surface area contributed by atoms with Gasteiger partial charge in [-0.25, -0.2) is 0 Å². The fourth-order valence-corrected chi connectivity index (χ4v) is 3.29. The van der Waals surface area contributed by atoms with Crippen molar-refractivity contribution in [2.45, 2.75) is 6.42 Å². The summed E-state index contributed by atoms with van der Waals surface area (Å²) in [5.74, 6) is -2.07. The fraction of sp³-hybridized carbons (Fsp3) is 0.211. The van der Waals surface area contributed by atoms with Crippen molar-refractivity contribution in [2.75, 3.05) is 23.4 Å². The van der Waals surface area contributed by atoms with Crippen molar-refractivity contribution in [1.82, 2.24) is 0 Å². The number of carbonyl (C=O) groups excluding carboxylic acids is 3. The predicted molar refractivity (Wildman–Crippen MR) is 108 cm³/mol. The van der Waals surface area contributed by atoms with E-state index >= 15 is 0 Å². The summed E-state index contributed by atoms with van der Waals surface area (Å²) in [6, 6.07) is 11.3. The third-order valence-corrected chi connectivity index (χ3v) is 4.94. The first kappa shape index (κ1) is 20.5. The van der Waals surface area contributed by atoms with E-state index in [0.29, 0.717) is 26.4 Å². The third kappa shape index (κ3) is 4.95. The second kappa shape index (κ2) is 8.82. The van der Waals surface area contributed by atoms with E-state index in [1.165, 1.54) is 4.90 Å². The van der Waals surface area contributed by atoms with E-state index in [2.05, 4.69) is 5.32 Å². The Hall–Kier alpha value is -2.28. The molecule has 1 aliphatic heterocycles. The maximum atomic E-state index is 12.3. The van der Waals surface area contributed by atoms with E-state index < -0.39 is 24.4 Å². The van der Waals surface area contributed by atoms with Crippen LogP contribution in [0.1, 0.15) is 6.42 Å². The standard InChI is InChI=1S/C19H15Cl3N2O4/c20-12-1-4-14(5-2-12)23-17(25)10-28-19(27)11-7-18(26)24(9-11)16-8-13(21)3-6-15(16)22/h1-6,8,11H,7,9-10H2,(H,23,25)/t11-/m1/s1. The SMILES string of the molecule is O=C(COC(=O)[C@@H]1CC(=O)N(c2cc(Cl)ccc2Cl)C1)Nc1ccc(Cl)cc1. The third-order valence-electron chi connectivity index (χ3n) is 4.13. The van der Waals surface area contributed by atoms with Gasteiger partial charge in [0, 0.05) is 28.7 Å². The Morgan fingerprint density at radius 1 is 1.07 bits per heavy atom. The van der Waals surface area contributed by atoms with Gasteiger partial charge in [0.25, 0.3) is 5.91 Å². The molecular formula is C19H15Cl3N2O4. The molecule has 146 valence electrons. The summed E-state index contributed by atoms with van der Waals surface area (Å²) in [5, 5.41) is 3.91. The quantitative estimate of drug-likeness (QED) is 0.706. The van der Waals surface area contributed by atoms with Gasteiger partial charge in [0.15, 0.2) is 6.61 Å². The van der Waals surface area contributed by atoms with Crippen molar-refractivity contribution in [3.63, 3.8) is 0 Å². The molecule has 6 nitrogen and oxygen atoms in total. The van der Waals surface area contributed by atoms with Crippen LogP contribution >= 0.6 is 34.8 Å². The highest BCUT2D eigenvalue weighted by Crippen LogP contribution is 2.33. The monoisotopic (exact) mass is 440 g/mol. The Bertz CT molecular complexity index is 918. The van der Waals surface area contributed by atoms with Crippen LogP contribution < -0.4 is 10.2 Å². The summed E-state index contributed by atoms with van der Waals surface area (Å²) >= 11 is 17.9. The van der Waals surface area contributed by atoms with Crippen LogP contribution in [-0.4, -0.2) is 30.9 Å². The van der Waals surface area contributed by atoms with Crippen LogP contribution in [0.4, 0.5) is 11.4 Å². The Morgan fingerprint density at radius 2 is 1.75 bits per heavy atom. The molecular weight excluding hydrogens is 427 g/mol. The molecule has 0 bridgehead atoms. The molecule has 2 aromatic carbocycles. The van der Waals surface area contributed by atoms with Gasteiger partial charge in [-0.05, 0) is 42.5 Å². The highest BCUT2D eigenvalue weighted by atomic mass is 35.5. The van der Waals surface area contributed by atoms with E-state index in [1.54, 1.807) is 42.5 Å². The number of amides is 2. The smallest absolute Gasteiger partial charge is 0.311 e. The van der Waals surface area contributed by atoms with Crippen LogP contribution in [0.25, 0.3) is 0 Å². The van der Waals surface area contributed by atoms with Gasteiger partial charge in [0.1, 0.15) is 0 Å². The average molecular weight is 442 g/mol. The molecule has 2 amide bonds. The number of halogens is 3. The summed E-state index contributed by atoms with van der Waals surface area (Å²) < 4.78 is 5.06. The van der Waals surface area contributed by atoms with E-state index in [1.807, 2.05) is 0 Å². The van der Waals surface area contributed by atoms with E-state index in [9.17, 15) is 14.4 Å². The molecule has 0 radical (unpaired) electrons. The van der Waals surface area contributed by atoms with Crippen molar-refractivity contribution in [2.24, 2.45) is 5.92 Å². The maximum absolute atomic E-state index is 12.3. The lowest BCUT2D eigenvalue weighted by atomic mass is 10.1. The van der Waals surface area contributed by atoms with Gasteiger partial charge >= 0.3 is 5.97 Å². The zero-order chi connectivity index (χ0) is 20.3. The van der Waals surface area contributed by atoms with Crippen LogP contribution in [0.2, 0.25) is 15.1 Å². The number of anilines is 2. The molecule has 3 rings (SSSR count). The zero-order valence-corrected chi connectivity index (χ0v) is 16.7. The molecule has 1 atom stereocenters. The lowest BCUT2D eigenvalue weighted by Crippen LogP contribution is -2.28. The molecule has 1 fully saturated rings. The van der Waals surface area contributed by atoms with E-state index in [4.69, 9.17) is 39.5 Å². The minimum absolute atomic E-state index is 0.0273. The first-order chi connectivity index (χ1) is 13.3. The second-order valence-electron chi connectivity index (χ2n) is 6.16. The highest BCUT2D eigenvalue weighted by Gasteiger charge is 2.37. The van der Waals surface area contributed by atoms with Crippen molar-refractivity contribution < 1.29 is 19.1 Å². The van der Waals surface area contributed by atoms with Crippen LogP contribution in [0.5, 0.6) is 0 Å². The second-order valence-corrected chi connectivity index (χ2v) is 7.44. The van der Waals surface area contributed by atoms with Gasteiger partial charge in [-0.2, -0.15) is 0 Å². The first-order valence-electron chi connectivity index (χ1n) is 8.31. The van der Waals surface area contributed by atoms with E-state index in [0.717, 1.165) is 0 Å². The molecule has 9 heteroatoms. The van der Waals surface area contributed by atoms with Gasteiger partial charge < -0.3 is 15.0 Å². The van der Waals surface area contributed by atoms with Gasteiger partial charge in [-0.15, -0.1) is 0 Å². The molecule has 1 aliphatic rings. The van der Waals surface area contributed by atoms with Crippen LogP contribution in [0, 0.1) is 5.92 Å². The lowest BCUT2D eigenvalue weighted by molar-refractivity contribution is -0.151. The molecule has 28 heavy (non-hydrogen) atoms. The van der Waals surface area contributed by atoms with Crippen molar-refractivity contribution in [1.29, 1.82) is 0 Å². The van der Waals surface area contributed by atoms with E-state index in [-0.39, 0.29) is 18.9 Å². The molecule has 0 unspecified atom stereocenters. The maximum Gasteiger partial charge on any atom is 0.311 e. The minimum atomic E-state index is -0.689. The van der Waals surface area contributed by atoms with Crippen molar-refractivity contribution in [3.05, 3.63) is 57.5 Å². The molecule has 0 saturated carbocycles. The summed E-state index contributed by atoms with van der Waals surface area (Å²) in [5.41, 5.74) is 0.971. The van der Waals surface area contributed by atoms with Crippen molar-refractivity contribution >= 4 is 64.0 Å². The molecule has 1 saturated heterocycles. The molecule has 1 heterocycles. The largest absolute Gasteiger partial charge is 0.455 e. The lowest BCUT2D eigenvalue weighted by Gasteiger charge is -2.18. The molecule has 0 aromatic heterocycles. The summed E-state index contributed by atoms with van der Waals surface area (Å²) in [7, 11) is 0. The van der Waals surface area contributed by atoms with Crippen molar-refractivity contribution in [3.8, 4) is 0 Å². The Balaban J connectivity index is 1.55. The summed E-state index contributed by atoms with van der Waals surface area (Å²) in [4.78, 5) is 37.9. The molecule has 0 spiro atoms. The molecule has 2 aromatic rings.